The van der Waals surface area contributed by atoms with Crippen LogP contribution in [0.15, 0.2) is 60.7 Å². The molecule has 3 aromatic carbocycles. The molecule has 0 aliphatic heterocycles. The quantitative estimate of drug-likeness (QED) is 0.541. The summed E-state index contributed by atoms with van der Waals surface area (Å²) in [5, 5.41) is 0. The van der Waals surface area contributed by atoms with E-state index in [0.29, 0.717) is 13.1 Å². The first-order chi connectivity index (χ1) is 16.7. The zero-order valence-corrected chi connectivity index (χ0v) is 19.8. The molecular weight excluding hydrogens is 412 g/mol. The number of hydrogen-bond acceptors (Lipinski definition) is 2. The van der Waals surface area contributed by atoms with E-state index in [1.807, 2.05) is 26.0 Å². The highest BCUT2D eigenvalue weighted by Crippen LogP contribution is 2.29. The third-order valence-electron chi connectivity index (χ3n) is 4.88. The zero-order valence-electron chi connectivity index (χ0n) is 19.8. The van der Waals surface area contributed by atoms with Crippen molar-refractivity contribution in [3.63, 3.8) is 0 Å². The van der Waals surface area contributed by atoms with Crippen molar-refractivity contribution in [2.45, 2.75) is 26.7 Å². The van der Waals surface area contributed by atoms with Crippen molar-refractivity contribution in [3.05, 3.63) is 82.9 Å². The Morgan fingerprint density at radius 2 is 0.882 bits per heavy atom. The Kier molecular flexibility index (Phi) is 9.18. The lowest BCUT2D eigenvalue weighted by atomic mass is 9.95. The molecule has 0 saturated carbocycles. The van der Waals surface area contributed by atoms with E-state index in [0.717, 1.165) is 57.3 Å². The summed E-state index contributed by atoms with van der Waals surface area (Å²) in [5.74, 6) is 25.0. The fourth-order valence-corrected chi connectivity index (χ4v) is 3.44. The van der Waals surface area contributed by atoms with Crippen molar-refractivity contribution < 1.29 is 0 Å². The Morgan fingerprint density at radius 1 is 0.500 bits per heavy atom. The molecule has 0 aliphatic rings. The van der Waals surface area contributed by atoms with Gasteiger partial charge in [0.05, 0.1) is 13.1 Å². The lowest BCUT2D eigenvalue weighted by Crippen LogP contribution is -1.93. The van der Waals surface area contributed by atoms with Crippen LogP contribution in [0.5, 0.6) is 0 Å². The summed E-state index contributed by atoms with van der Waals surface area (Å²) in [6.45, 7) is 4.73. The average molecular weight is 441 g/mol. The molecule has 3 rings (SSSR count). The zero-order chi connectivity index (χ0) is 24.2. The number of nitrogens with two attached hydrogens (primary N) is 2. The van der Waals surface area contributed by atoms with Gasteiger partial charge in [0.25, 0.3) is 0 Å². The Hall–Kier alpha value is -4.18. The Balaban J connectivity index is 2.12. The monoisotopic (exact) mass is 440 g/mol. The van der Waals surface area contributed by atoms with Crippen molar-refractivity contribution in [3.8, 4) is 69.6 Å². The van der Waals surface area contributed by atoms with Crippen molar-refractivity contribution in [2.75, 3.05) is 13.1 Å². The van der Waals surface area contributed by atoms with Crippen LogP contribution in [0.25, 0.3) is 22.3 Å². The summed E-state index contributed by atoms with van der Waals surface area (Å²) in [5.41, 5.74) is 19.2. The maximum absolute atomic E-state index is 5.59. The van der Waals surface area contributed by atoms with Crippen LogP contribution in [0.1, 0.15) is 48.9 Å². The molecule has 3 aromatic rings. The van der Waals surface area contributed by atoms with E-state index in [1.54, 1.807) is 0 Å². The maximum atomic E-state index is 5.59. The van der Waals surface area contributed by atoms with Gasteiger partial charge < -0.3 is 11.5 Å². The van der Waals surface area contributed by atoms with Crippen LogP contribution in [0, 0.1) is 47.4 Å². The van der Waals surface area contributed by atoms with E-state index >= 15 is 0 Å². The molecule has 4 N–H and O–H groups in total. The molecule has 0 bridgehead atoms. The predicted octanol–water partition coefficient (Wildman–Crippen LogP) is 5.16. The van der Waals surface area contributed by atoms with E-state index in [4.69, 9.17) is 11.5 Å². The van der Waals surface area contributed by atoms with Gasteiger partial charge in [-0.25, -0.2) is 0 Å². The second kappa shape index (κ2) is 12.8. The highest BCUT2D eigenvalue weighted by Gasteiger charge is 2.06. The van der Waals surface area contributed by atoms with Crippen LogP contribution < -0.4 is 11.5 Å². The lowest BCUT2D eigenvalue weighted by molar-refractivity contribution is 1.28. The van der Waals surface area contributed by atoms with E-state index < -0.39 is 0 Å². The SMILES string of the molecule is CCC#Cc1cc(C#CCN)cc(-c2cccc(-c3cc(C#CCC)cc(C#CCN)c3)c2)c1. The Bertz CT molecular complexity index is 1230. The summed E-state index contributed by atoms with van der Waals surface area (Å²) in [6, 6.07) is 20.9. The van der Waals surface area contributed by atoms with E-state index in [2.05, 4.69) is 95.9 Å². The standard InChI is InChI=1S/C32H28N2/c1-3-5-10-25-18-27(12-8-16-33)22-31(20-25)29-14-7-15-30(24-29)32-21-26(11-6-4-2)19-28(23-32)13-9-17-34/h7,14-15,18-24H,3-4,16-17,33-34H2,1-2H3. The maximum Gasteiger partial charge on any atom is 0.0555 e. The van der Waals surface area contributed by atoms with Gasteiger partial charge in [0, 0.05) is 35.1 Å². The largest absolute Gasteiger partial charge is 0.320 e. The minimum absolute atomic E-state index is 0.322. The van der Waals surface area contributed by atoms with Gasteiger partial charge in [-0.3, -0.25) is 0 Å². The molecule has 166 valence electrons. The molecule has 0 unspecified atom stereocenters. The number of benzene rings is 3. The molecule has 0 fully saturated rings. The second-order valence-electron chi connectivity index (χ2n) is 7.50. The first-order valence-electron chi connectivity index (χ1n) is 11.4. The summed E-state index contributed by atoms with van der Waals surface area (Å²) in [7, 11) is 0. The van der Waals surface area contributed by atoms with Gasteiger partial charge in [-0.05, 0) is 64.7 Å². The molecule has 0 radical (unpaired) electrons. The van der Waals surface area contributed by atoms with Gasteiger partial charge in [0.15, 0.2) is 0 Å². The van der Waals surface area contributed by atoms with Gasteiger partial charge in [0.1, 0.15) is 0 Å². The van der Waals surface area contributed by atoms with Crippen LogP contribution in [0.2, 0.25) is 0 Å². The van der Waals surface area contributed by atoms with E-state index in [1.165, 1.54) is 0 Å². The fourth-order valence-electron chi connectivity index (χ4n) is 3.44. The van der Waals surface area contributed by atoms with E-state index in [9.17, 15) is 0 Å². The number of hydrogen-bond donors (Lipinski definition) is 2. The summed E-state index contributed by atoms with van der Waals surface area (Å²) in [6.07, 6.45) is 1.60. The van der Waals surface area contributed by atoms with Crippen LogP contribution in [0.3, 0.4) is 0 Å². The highest BCUT2D eigenvalue weighted by molar-refractivity contribution is 5.76. The normalized spacial score (nSPS) is 9.29. The van der Waals surface area contributed by atoms with Crippen LogP contribution in [-0.2, 0) is 0 Å². The molecule has 0 spiro atoms. The van der Waals surface area contributed by atoms with Crippen molar-refractivity contribution in [1.82, 2.24) is 0 Å². The van der Waals surface area contributed by atoms with Crippen LogP contribution in [-0.4, -0.2) is 13.1 Å². The molecular formula is C32H28N2. The van der Waals surface area contributed by atoms with Crippen molar-refractivity contribution in [1.29, 1.82) is 0 Å². The van der Waals surface area contributed by atoms with Gasteiger partial charge in [0.2, 0.25) is 0 Å². The summed E-state index contributed by atoms with van der Waals surface area (Å²) < 4.78 is 0. The van der Waals surface area contributed by atoms with Crippen molar-refractivity contribution >= 4 is 0 Å². The molecule has 34 heavy (non-hydrogen) atoms. The smallest absolute Gasteiger partial charge is 0.0555 e. The van der Waals surface area contributed by atoms with Crippen LogP contribution >= 0.6 is 0 Å². The average Bonchev–Trinajstić information content (AvgIpc) is 2.88. The summed E-state index contributed by atoms with van der Waals surface area (Å²) in [4.78, 5) is 0. The molecule has 0 aliphatic carbocycles. The molecule has 0 heterocycles. The summed E-state index contributed by atoms with van der Waals surface area (Å²) >= 11 is 0. The topological polar surface area (TPSA) is 52.0 Å². The van der Waals surface area contributed by atoms with Gasteiger partial charge in [-0.1, -0.05) is 79.4 Å². The Labute approximate surface area is 203 Å². The molecule has 0 aromatic heterocycles. The first-order valence-corrected chi connectivity index (χ1v) is 11.4. The lowest BCUT2D eigenvalue weighted by Gasteiger charge is -2.09. The van der Waals surface area contributed by atoms with Gasteiger partial charge in [-0.15, -0.1) is 0 Å². The molecule has 0 atom stereocenters. The highest BCUT2D eigenvalue weighted by atomic mass is 14.5. The molecule has 0 amide bonds. The minimum atomic E-state index is 0.322. The van der Waals surface area contributed by atoms with Gasteiger partial charge >= 0.3 is 0 Å². The van der Waals surface area contributed by atoms with Gasteiger partial charge in [-0.2, -0.15) is 0 Å². The third-order valence-corrected chi connectivity index (χ3v) is 4.88. The van der Waals surface area contributed by atoms with E-state index in [-0.39, 0.29) is 0 Å². The molecule has 2 heteroatoms. The molecule has 0 saturated heterocycles. The molecule has 2 nitrogen and oxygen atoms in total. The second-order valence-corrected chi connectivity index (χ2v) is 7.50. The third kappa shape index (κ3) is 6.91. The first kappa shape index (κ1) is 24.5. The van der Waals surface area contributed by atoms with Crippen LogP contribution in [0.4, 0.5) is 0 Å². The fraction of sp³-hybridized carbons (Fsp3) is 0.188. The number of rotatable bonds is 2. The minimum Gasteiger partial charge on any atom is -0.320 e. The Morgan fingerprint density at radius 3 is 1.24 bits per heavy atom. The van der Waals surface area contributed by atoms with Crippen molar-refractivity contribution in [2.24, 2.45) is 11.5 Å². The predicted molar refractivity (Wildman–Crippen MR) is 144 cm³/mol.